The number of para-hydroxylation sites is 1. The van der Waals surface area contributed by atoms with E-state index in [4.69, 9.17) is 24.5 Å². The van der Waals surface area contributed by atoms with Crippen molar-refractivity contribution in [2.24, 2.45) is 0 Å². The topological polar surface area (TPSA) is 43.6 Å². The standard InChI is InChI=1S/C63H40N4S/c1-5-17-41(18-6-1)45-31-34-57-55(38-45)51-25-13-15-27-56(51)67(57)58-39-46(50-36-48(42-19-7-2-8-20-42)35-49(37-50)43-21-9-3-10-22-43)29-33-54(58)63-65-61(44-23-11-4-12-24-44)64-62(66-63)47-30-32-53-52-26-14-16-28-59(52)68-60(53)40-47/h1-40H/i1D,5D,6D,13D,15D,17D,18D,25D,27D,31D,34D,38D. The van der Waals surface area contributed by atoms with Crippen LogP contribution < -0.4 is 0 Å². The van der Waals surface area contributed by atoms with Crippen LogP contribution >= 0.6 is 11.3 Å². The van der Waals surface area contributed by atoms with E-state index in [0.717, 1.165) is 48.0 Å². The van der Waals surface area contributed by atoms with Crippen molar-refractivity contribution in [2.45, 2.75) is 0 Å². The van der Waals surface area contributed by atoms with Gasteiger partial charge in [0.15, 0.2) is 17.5 Å². The van der Waals surface area contributed by atoms with E-state index in [2.05, 4.69) is 42.5 Å². The molecular weight excluding hydrogens is 845 g/mol. The number of benzene rings is 10. The molecule has 0 radical (unpaired) electrons. The Labute approximate surface area is 414 Å². The molecule has 0 saturated heterocycles. The summed E-state index contributed by atoms with van der Waals surface area (Å²) in [6, 6.07) is 47.8. The summed E-state index contributed by atoms with van der Waals surface area (Å²) >= 11 is 1.65. The molecule has 318 valence electrons. The fraction of sp³-hybridized carbons (Fsp3) is 0. The fourth-order valence-corrected chi connectivity index (χ4v) is 10.1. The van der Waals surface area contributed by atoms with Gasteiger partial charge >= 0.3 is 0 Å². The second kappa shape index (κ2) is 16.6. The van der Waals surface area contributed by atoms with E-state index in [-0.39, 0.29) is 33.3 Å². The van der Waals surface area contributed by atoms with Crippen molar-refractivity contribution in [3.8, 4) is 84.4 Å². The van der Waals surface area contributed by atoms with Crippen molar-refractivity contribution in [1.82, 2.24) is 19.5 Å². The highest BCUT2D eigenvalue weighted by Gasteiger charge is 2.22. The monoisotopic (exact) mass is 896 g/mol. The molecule has 0 spiro atoms. The largest absolute Gasteiger partial charge is 0.308 e. The predicted octanol–water partition coefficient (Wildman–Crippen LogP) is 17.0. The van der Waals surface area contributed by atoms with Crippen LogP contribution in [0.25, 0.3) is 126 Å². The normalized spacial score (nSPS) is 14.0. The van der Waals surface area contributed by atoms with Crippen LogP contribution in [0.15, 0.2) is 242 Å². The van der Waals surface area contributed by atoms with Crippen LogP contribution in [0.5, 0.6) is 0 Å². The first kappa shape index (κ1) is 29.0. The Balaban J connectivity index is 1.17. The molecule has 0 saturated carbocycles. The maximum atomic E-state index is 9.97. The van der Waals surface area contributed by atoms with Gasteiger partial charge in [0.2, 0.25) is 0 Å². The summed E-state index contributed by atoms with van der Waals surface area (Å²) in [6.07, 6.45) is 0. The van der Waals surface area contributed by atoms with E-state index in [1.807, 2.05) is 127 Å². The molecule has 4 nitrogen and oxygen atoms in total. The molecule has 10 aromatic carbocycles. The highest BCUT2D eigenvalue weighted by atomic mass is 32.1. The number of fused-ring (bicyclic) bond motifs is 6. The summed E-state index contributed by atoms with van der Waals surface area (Å²) in [5, 5.41) is 1.84. The lowest BCUT2D eigenvalue weighted by atomic mass is 9.92. The zero-order valence-electron chi connectivity index (χ0n) is 47.9. The summed E-state index contributed by atoms with van der Waals surface area (Å²) in [6.45, 7) is 0. The Morgan fingerprint density at radius 1 is 0.338 bits per heavy atom. The minimum atomic E-state index is -0.709. The molecule has 0 amide bonds. The number of aromatic nitrogens is 4. The van der Waals surface area contributed by atoms with Gasteiger partial charge in [0.1, 0.15) is 0 Å². The van der Waals surface area contributed by atoms with Crippen LogP contribution in [0.2, 0.25) is 0 Å². The first-order valence-corrected chi connectivity index (χ1v) is 22.8. The average Bonchev–Trinajstić information content (AvgIpc) is 4.21. The Kier molecular flexibility index (Phi) is 7.07. The first-order chi connectivity index (χ1) is 38.7. The van der Waals surface area contributed by atoms with Crippen molar-refractivity contribution >= 4 is 53.3 Å². The highest BCUT2D eigenvalue weighted by molar-refractivity contribution is 7.25. The number of hydrogen-bond donors (Lipinski definition) is 0. The predicted molar refractivity (Wildman–Crippen MR) is 285 cm³/mol. The summed E-state index contributed by atoms with van der Waals surface area (Å²) in [4.78, 5) is 15.5. The van der Waals surface area contributed by atoms with Gasteiger partial charge in [-0.1, -0.05) is 182 Å². The summed E-state index contributed by atoms with van der Waals surface area (Å²) < 4.78 is 114. The van der Waals surface area contributed by atoms with Gasteiger partial charge in [-0.15, -0.1) is 11.3 Å². The molecule has 0 aliphatic rings. The quantitative estimate of drug-likeness (QED) is 0.153. The van der Waals surface area contributed by atoms with Crippen LogP contribution in [0, 0.1) is 0 Å². The number of nitrogens with zero attached hydrogens (tertiary/aromatic N) is 4. The van der Waals surface area contributed by atoms with E-state index in [1.54, 1.807) is 11.3 Å². The van der Waals surface area contributed by atoms with E-state index < -0.39 is 83.6 Å². The molecule has 13 rings (SSSR count). The summed E-state index contributed by atoms with van der Waals surface area (Å²) in [7, 11) is 0. The molecule has 0 fully saturated rings. The van der Waals surface area contributed by atoms with Crippen molar-refractivity contribution in [3.05, 3.63) is 242 Å². The third kappa shape index (κ3) is 7.05. The molecule has 3 heterocycles. The molecule has 5 heteroatoms. The molecule has 0 aliphatic heterocycles. The van der Waals surface area contributed by atoms with E-state index in [0.29, 0.717) is 33.9 Å². The smallest absolute Gasteiger partial charge is 0.166 e. The van der Waals surface area contributed by atoms with Gasteiger partial charge in [0.05, 0.1) is 33.2 Å². The summed E-state index contributed by atoms with van der Waals surface area (Å²) in [5.41, 5.74) is 5.83. The SMILES string of the molecule is [2H]c1c([2H])c([2H])c(-c2c([2H])c([2H])c3c(c2[2H])c2c([2H])c([2H])c([2H])c([2H])c2n3-c2cc(-c3cc(-c4ccccc4)cc(-c4ccccc4)c3)ccc2-c2nc(-c3ccccc3)nc(-c3ccc4c(c3)sc3ccccc34)n2)c([2H])c1[2H]. The van der Waals surface area contributed by atoms with Crippen LogP contribution in [0.1, 0.15) is 16.4 Å². The number of hydrogen-bond acceptors (Lipinski definition) is 4. The lowest BCUT2D eigenvalue weighted by molar-refractivity contribution is 1.07. The molecule has 0 N–H and O–H groups in total. The van der Waals surface area contributed by atoms with E-state index >= 15 is 0 Å². The Hall–Kier alpha value is -8.77. The zero-order valence-corrected chi connectivity index (χ0v) is 36.7. The van der Waals surface area contributed by atoms with Crippen molar-refractivity contribution in [1.29, 1.82) is 0 Å². The first-order valence-electron chi connectivity index (χ1n) is 27.9. The zero-order chi connectivity index (χ0) is 55.4. The van der Waals surface area contributed by atoms with Crippen molar-refractivity contribution in [2.75, 3.05) is 0 Å². The number of thiophene rings is 1. The highest BCUT2D eigenvalue weighted by Crippen LogP contribution is 2.42. The average molecular weight is 897 g/mol. The van der Waals surface area contributed by atoms with Gasteiger partial charge in [-0.25, -0.2) is 15.0 Å². The van der Waals surface area contributed by atoms with Gasteiger partial charge in [-0.2, -0.15) is 0 Å². The third-order valence-electron chi connectivity index (χ3n) is 12.2. The molecule has 3 aromatic heterocycles. The fourth-order valence-electron chi connectivity index (χ4n) is 8.94. The van der Waals surface area contributed by atoms with Crippen LogP contribution in [-0.2, 0) is 0 Å². The minimum absolute atomic E-state index is 0.139. The second-order valence-corrected chi connectivity index (χ2v) is 17.4. The van der Waals surface area contributed by atoms with Gasteiger partial charge in [-0.05, 0) is 105 Å². The van der Waals surface area contributed by atoms with E-state index in [1.165, 1.54) is 4.57 Å². The Morgan fingerprint density at radius 2 is 0.912 bits per heavy atom. The molecule has 13 aromatic rings. The molecule has 68 heavy (non-hydrogen) atoms. The second-order valence-electron chi connectivity index (χ2n) is 16.3. The minimum Gasteiger partial charge on any atom is -0.308 e. The van der Waals surface area contributed by atoms with Gasteiger partial charge in [0.25, 0.3) is 0 Å². The van der Waals surface area contributed by atoms with Crippen molar-refractivity contribution < 1.29 is 16.4 Å². The van der Waals surface area contributed by atoms with Crippen LogP contribution in [-0.4, -0.2) is 19.5 Å². The van der Waals surface area contributed by atoms with E-state index in [9.17, 15) is 6.85 Å². The Bertz CT molecular complexity index is 4650. The molecule has 0 atom stereocenters. The third-order valence-corrected chi connectivity index (χ3v) is 13.3. The van der Waals surface area contributed by atoms with Gasteiger partial charge in [0, 0.05) is 47.6 Å². The lowest BCUT2D eigenvalue weighted by Crippen LogP contribution is -2.04. The lowest BCUT2D eigenvalue weighted by Gasteiger charge is -2.17. The molecule has 0 bridgehead atoms. The molecule has 0 unspecified atom stereocenters. The maximum absolute atomic E-state index is 9.97. The molecular formula is C63H40N4S. The van der Waals surface area contributed by atoms with Gasteiger partial charge < -0.3 is 4.57 Å². The van der Waals surface area contributed by atoms with Crippen LogP contribution in [0.4, 0.5) is 0 Å². The Morgan fingerprint density at radius 3 is 1.65 bits per heavy atom. The van der Waals surface area contributed by atoms with Gasteiger partial charge in [-0.3, -0.25) is 0 Å². The van der Waals surface area contributed by atoms with Crippen LogP contribution in [0.3, 0.4) is 0 Å². The maximum Gasteiger partial charge on any atom is 0.166 e. The summed E-state index contributed by atoms with van der Waals surface area (Å²) in [5.74, 6) is 0.822. The number of rotatable bonds is 8. The van der Waals surface area contributed by atoms with Crippen molar-refractivity contribution in [3.63, 3.8) is 0 Å². The molecule has 0 aliphatic carbocycles.